The van der Waals surface area contributed by atoms with E-state index in [-0.39, 0.29) is 29.1 Å². The number of benzene rings is 1. The second-order valence-corrected chi connectivity index (χ2v) is 9.85. The number of ether oxygens (including phenoxy) is 1. The van der Waals surface area contributed by atoms with Crippen LogP contribution in [0.2, 0.25) is 0 Å². The molecule has 0 amide bonds. The summed E-state index contributed by atoms with van der Waals surface area (Å²) in [6, 6.07) is 4.48. The normalized spacial score (nSPS) is 20.0. The minimum atomic E-state index is -4.62. The van der Waals surface area contributed by atoms with Gasteiger partial charge in [-0.05, 0) is 43.7 Å². The minimum absolute atomic E-state index is 0.00363. The zero-order valence-electron chi connectivity index (χ0n) is 18.9. The largest absolute Gasteiger partial charge is 0.416 e. The number of nitrogens with zero attached hydrogens (tertiary/aromatic N) is 3. The van der Waals surface area contributed by atoms with Gasteiger partial charge in [-0.25, -0.2) is 8.42 Å². The number of nitrogens with one attached hydrogen (secondary N) is 2. The summed E-state index contributed by atoms with van der Waals surface area (Å²) in [7, 11) is -2.15. The quantitative estimate of drug-likeness (QED) is 0.618. The van der Waals surface area contributed by atoms with Crippen LogP contribution < -0.4 is 10.0 Å². The summed E-state index contributed by atoms with van der Waals surface area (Å²) in [5.41, 5.74) is -0.0234. The number of likely N-dealkylation sites (tertiary alicyclic amines) is 1. The van der Waals surface area contributed by atoms with Crippen LogP contribution >= 0.6 is 0 Å². The van der Waals surface area contributed by atoms with Gasteiger partial charge >= 0.3 is 6.18 Å². The van der Waals surface area contributed by atoms with Crippen molar-refractivity contribution in [3.05, 3.63) is 35.4 Å². The number of aryl methyl sites for hydroxylation is 1. The van der Waals surface area contributed by atoms with Crippen molar-refractivity contribution in [1.29, 1.82) is 0 Å². The van der Waals surface area contributed by atoms with Gasteiger partial charge in [-0.1, -0.05) is 13.0 Å². The highest BCUT2D eigenvalue weighted by atomic mass is 32.2. The predicted molar refractivity (Wildman–Crippen MR) is 121 cm³/mol. The SMILES string of the molecule is CCN1CC[C@@H](OC)[C@@H](Nc2nnc(-c3ccc(C(F)(F)F)cc3NS(C)(=O)=O)cc2C)C1. The second kappa shape index (κ2) is 9.82. The van der Waals surface area contributed by atoms with Crippen LogP contribution in [0.25, 0.3) is 11.3 Å². The van der Waals surface area contributed by atoms with Crippen LogP contribution in [0.3, 0.4) is 0 Å². The molecule has 1 aromatic carbocycles. The van der Waals surface area contributed by atoms with Crippen molar-refractivity contribution >= 4 is 21.5 Å². The molecule has 0 saturated carbocycles. The number of aromatic nitrogens is 2. The third-order valence-electron chi connectivity index (χ3n) is 5.61. The van der Waals surface area contributed by atoms with Crippen molar-refractivity contribution in [2.75, 3.05) is 43.0 Å². The van der Waals surface area contributed by atoms with Crippen molar-refractivity contribution in [2.24, 2.45) is 0 Å². The lowest BCUT2D eigenvalue weighted by Crippen LogP contribution is -2.51. The van der Waals surface area contributed by atoms with E-state index in [9.17, 15) is 21.6 Å². The monoisotopic (exact) mass is 487 g/mol. The molecule has 1 saturated heterocycles. The molecular weight excluding hydrogens is 459 g/mol. The molecule has 1 fully saturated rings. The van der Waals surface area contributed by atoms with E-state index in [0.717, 1.165) is 44.4 Å². The van der Waals surface area contributed by atoms with Crippen molar-refractivity contribution in [3.8, 4) is 11.3 Å². The number of piperidine rings is 1. The second-order valence-electron chi connectivity index (χ2n) is 8.10. The highest BCUT2D eigenvalue weighted by Gasteiger charge is 2.32. The van der Waals surface area contributed by atoms with Gasteiger partial charge in [0, 0.05) is 25.8 Å². The zero-order chi connectivity index (χ0) is 24.4. The van der Waals surface area contributed by atoms with E-state index < -0.39 is 21.8 Å². The van der Waals surface area contributed by atoms with E-state index in [2.05, 4.69) is 32.1 Å². The molecule has 1 aromatic heterocycles. The first-order valence-electron chi connectivity index (χ1n) is 10.5. The third kappa shape index (κ3) is 6.33. The maximum atomic E-state index is 13.2. The Morgan fingerprint density at radius 2 is 1.97 bits per heavy atom. The summed E-state index contributed by atoms with van der Waals surface area (Å²) in [6.45, 7) is 6.54. The molecule has 0 spiro atoms. The van der Waals surface area contributed by atoms with Crippen LogP contribution in [-0.4, -0.2) is 68.7 Å². The molecule has 12 heteroatoms. The average molecular weight is 488 g/mol. The van der Waals surface area contributed by atoms with Crippen LogP contribution in [0, 0.1) is 6.92 Å². The standard InChI is InChI=1S/C21H28F3N5O3S/c1-5-29-9-8-19(32-3)18(12-29)25-20-13(2)10-16(26-27-20)15-7-6-14(21(22,23)24)11-17(15)28-33(4,30)31/h6-7,10-11,18-19,28H,5,8-9,12H2,1-4H3,(H,25,27)/t18-,19+/m0/s1. The molecule has 2 aromatic rings. The lowest BCUT2D eigenvalue weighted by atomic mass is 10.0. The molecule has 1 aliphatic heterocycles. The Kier molecular flexibility index (Phi) is 7.49. The molecule has 0 unspecified atom stereocenters. The smallest absolute Gasteiger partial charge is 0.379 e. The van der Waals surface area contributed by atoms with Gasteiger partial charge in [0.05, 0.1) is 35.3 Å². The Hall–Kier alpha value is -2.44. The fourth-order valence-corrected chi connectivity index (χ4v) is 4.44. The summed E-state index contributed by atoms with van der Waals surface area (Å²) >= 11 is 0. The number of methoxy groups -OCH3 is 1. The molecule has 182 valence electrons. The Morgan fingerprint density at radius 3 is 2.55 bits per heavy atom. The van der Waals surface area contributed by atoms with Crippen molar-refractivity contribution in [1.82, 2.24) is 15.1 Å². The number of rotatable bonds is 7. The average Bonchev–Trinajstić information content (AvgIpc) is 2.73. The van der Waals surface area contributed by atoms with Gasteiger partial charge in [-0.15, -0.1) is 10.2 Å². The van der Waals surface area contributed by atoms with E-state index in [1.54, 1.807) is 20.1 Å². The van der Waals surface area contributed by atoms with Crippen molar-refractivity contribution in [3.63, 3.8) is 0 Å². The number of halogens is 3. The highest BCUT2D eigenvalue weighted by molar-refractivity contribution is 7.92. The van der Waals surface area contributed by atoms with E-state index in [1.807, 2.05) is 0 Å². The topological polar surface area (TPSA) is 96.4 Å². The van der Waals surface area contributed by atoms with Crippen LogP contribution in [-0.2, 0) is 20.9 Å². The Balaban J connectivity index is 1.93. The number of likely N-dealkylation sites (N-methyl/N-ethyl adjacent to an activating group) is 1. The first-order chi connectivity index (χ1) is 15.4. The molecular formula is C21H28F3N5O3S. The fourth-order valence-electron chi connectivity index (χ4n) is 3.87. The molecule has 3 rings (SSSR count). The number of sulfonamides is 1. The summed E-state index contributed by atoms with van der Waals surface area (Å²) in [6.07, 6.45) is -2.86. The number of alkyl halides is 3. The molecule has 0 radical (unpaired) electrons. The maximum Gasteiger partial charge on any atom is 0.416 e. The summed E-state index contributed by atoms with van der Waals surface area (Å²) in [5, 5.41) is 11.8. The van der Waals surface area contributed by atoms with Gasteiger partial charge in [0.1, 0.15) is 0 Å². The van der Waals surface area contributed by atoms with Crippen LogP contribution in [0.5, 0.6) is 0 Å². The van der Waals surface area contributed by atoms with E-state index in [4.69, 9.17) is 4.74 Å². The summed E-state index contributed by atoms with van der Waals surface area (Å²) < 4.78 is 70.7. The van der Waals surface area contributed by atoms with E-state index in [0.29, 0.717) is 11.4 Å². The van der Waals surface area contributed by atoms with Crippen molar-refractivity contribution < 1.29 is 26.3 Å². The number of hydrogen-bond donors (Lipinski definition) is 2. The van der Waals surface area contributed by atoms with Gasteiger partial charge < -0.3 is 15.0 Å². The molecule has 2 N–H and O–H groups in total. The zero-order valence-corrected chi connectivity index (χ0v) is 19.7. The third-order valence-corrected chi connectivity index (χ3v) is 6.20. The highest BCUT2D eigenvalue weighted by Crippen LogP contribution is 2.36. The van der Waals surface area contributed by atoms with Crippen LogP contribution in [0.15, 0.2) is 24.3 Å². The Bertz CT molecular complexity index is 1100. The van der Waals surface area contributed by atoms with Gasteiger partial charge in [0.25, 0.3) is 0 Å². The lowest BCUT2D eigenvalue weighted by Gasteiger charge is -2.38. The molecule has 1 aliphatic rings. The number of anilines is 2. The molecule has 2 atom stereocenters. The molecule has 8 nitrogen and oxygen atoms in total. The molecule has 33 heavy (non-hydrogen) atoms. The van der Waals surface area contributed by atoms with Gasteiger partial charge in [0.2, 0.25) is 10.0 Å². The maximum absolute atomic E-state index is 13.2. The van der Waals surface area contributed by atoms with Gasteiger partial charge in [0.15, 0.2) is 5.82 Å². The first-order valence-corrected chi connectivity index (χ1v) is 12.4. The predicted octanol–water partition coefficient (Wildman–Crippen LogP) is 3.36. The van der Waals surface area contributed by atoms with E-state index >= 15 is 0 Å². The Morgan fingerprint density at radius 1 is 1.24 bits per heavy atom. The van der Waals surface area contributed by atoms with Crippen LogP contribution in [0.1, 0.15) is 24.5 Å². The van der Waals surface area contributed by atoms with E-state index in [1.165, 1.54) is 6.07 Å². The Labute approximate surface area is 191 Å². The molecule has 0 aliphatic carbocycles. The summed E-state index contributed by atoms with van der Waals surface area (Å²) in [5.74, 6) is 0.535. The van der Waals surface area contributed by atoms with Gasteiger partial charge in [-0.2, -0.15) is 13.2 Å². The minimum Gasteiger partial charge on any atom is -0.379 e. The lowest BCUT2D eigenvalue weighted by molar-refractivity contribution is -0.137. The van der Waals surface area contributed by atoms with Crippen molar-refractivity contribution in [2.45, 2.75) is 38.6 Å². The van der Waals surface area contributed by atoms with Gasteiger partial charge in [-0.3, -0.25) is 4.72 Å². The molecule has 0 bridgehead atoms. The molecule has 2 heterocycles. The fraction of sp³-hybridized carbons (Fsp3) is 0.524. The van der Waals surface area contributed by atoms with Crippen LogP contribution in [0.4, 0.5) is 24.7 Å². The number of hydrogen-bond acceptors (Lipinski definition) is 7. The summed E-state index contributed by atoms with van der Waals surface area (Å²) in [4.78, 5) is 2.30. The first kappa shape index (κ1) is 25.2.